The Morgan fingerprint density at radius 3 is 2.16 bits per heavy atom. The van der Waals surface area contributed by atoms with Gasteiger partial charge < -0.3 is 9.67 Å². The third-order valence-corrected chi connectivity index (χ3v) is 8.18. The molecule has 2 fully saturated rings. The van der Waals surface area contributed by atoms with Crippen molar-refractivity contribution in [2.75, 3.05) is 0 Å². The van der Waals surface area contributed by atoms with Gasteiger partial charge in [-0.2, -0.15) is 0 Å². The molecule has 196 valence electrons. The number of aryl methyl sites for hydroxylation is 1. The quantitative estimate of drug-likeness (QED) is 0.465. The molecule has 37 heavy (non-hydrogen) atoms. The van der Waals surface area contributed by atoms with Crippen LogP contribution in [-0.4, -0.2) is 29.8 Å². The van der Waals surface area contributed by atoms with Crippen LogP contribution in [-0.2, 0) is 24.9 Å². The second kappa shape index (κ2) is 10.9. The van der Waals surface area contributed by atoms with E-state index in [0.717, 1.165) is 44.6 Å². The zero-order valence-electron chi connectivity index (χ0n) is 21.6. The van der Waals surface area contributed by atoms with Gasteiger partial charge in [-0.15, -0.1) is 0 Å². The molecule has 2 saturated carbocycles. The van der Waals surface area contributed by atoms with E-state index in [1.54, 1.807) is 9.13 Å². The summed E-state index contributed by atoms with van der Waals surface area (Å²) in [4.78, 5) is 43.7. The summed E-state index contributed by atoms with van der Waals surface area (Å²) in [6, 6.07) is 7.39. The van der Waals surface area contributed by atoms with Crippen LogP contribution in [0.2, 0.25) is 0 Å². The smallest absolute Gasteiger partial charge is 0.332 e. The lowest BCUT2D eigenvalue weighted by Gasteiger charge is -2.24. The van der Waals surface area contributed by atoms with Crippen molar-refractivity contribution in [1.29, 1.82) is 0 Å². The lowest BCUT2D eigenvalue weighted by atomic mass is 9.89. The van der Waals surface area contributed by atoms with Crippen molar-refractivity contribution in [2.24, 2.45) is 18.9 Å². The highest BCUT2D eigenvalue weighted by Gasteiger charge is 2.25. The zero-order chi connectivity index (χ0) is 25.9. The van der Waals surface area contributed by atoms with Gasteiger partial charge in [0.15, 0.2) is 11.2 Å². The molecular formula is C29H36N4O4. The van der Waals surface area contributed by atoms with E-state index in [1.807, 2.05) is 31.3 Å². The molecule has 2 heterocycles. The lowest BCUT2D eigenvalue weighted by Crippen LogP contribution is -2.43. The van der Waals surface area contributed by atoms with Crippen LogP contribution < -0.4 is 11.2 Å². The Bertz CT molecular complexity index is 1430. The minimum atomic E-state index is -1.04. The van der Waals surface area contributed by atoms with Gasteiger partial charge in [0.25, 0.3) is 5.56 Å². The van der Waals surface area contributed by atoms with E-state index >= 15 is 0 Å². The molecule has 2 aromatic heterocycles. The van der Waals surface area contributed by atoms with E-state index in [-0.39, 0.29) is 11.2 Å². The van der Waals surface area contributed by atoms with Gasteiger partial charge in [0.05, 0.1) is 0 Å². The minimum absolute atomic E-state index is 0.252. The highest BCUT2D eigenvalue weighted by Crippen LogP contribution is 2.29. The first kappa shape index (κ1) is 25.2. The maximum atomic E-state index is 13.9. The van der Waals surface area contributed by atoms with Crippen LogP contribution in [0.1, 0.15) is 69.8 Å². The fourth-order valence-electron chi connectivity index (χ4n) is 6.19. The number of carboxylic acid groups (broad SMARTS) is 1. The summed E-state index contributed by atoms with van der Waals surface area (Å²) >= 11 is 0. The number of fused-ring (bicyclic) bond motifs is 1. The first-order valence-electron chi connectivity index (χ1n) is 13.6. The van der Waals surface area contributed by atoms with Gasteiger partial charge >= 0.3 is 11.7 Å². The number of nitrogens with zero attached hydrogens (tertiary/aromatic N) is 4. The second-order valence-corrected chi connectivity index (χ2v) is 10.7. The highest BCUT2D eigenvalue weighted by molar-refractivity contribution is 5.88. The molecule has 8 nitrogen and oxygen atoms in total. The number of hydrogen-bond donors (Lipinski definition) is 1. The van der Waals surface area contributed by atoms with Gasteiger partial charge in [-0.3, -0.25) is 13.9 Å². The SMILES string of the molecule is Cn1c(-c2ccccc2/C=C/C(=O)O)nc2c1c(=O)n(CC1CCCCC1)c(=O)n2CC1CCCCC1. The van der Waals surface area contributed by atoms with Crippen molar-refractivity contribution in [3.05, 3.63) is 56.7 Å². The van der Waals surface area contributed by atoms with Crippen molar-refractivity contribution in [2.45, 2.75) is 77.3 Å². The second-order valence-electron chi connectivity index (χ2n) is 10.7. The summed E-state index contributed by atoms with van der Waals surface area (Å²) in [6.07, 6.45) is 14.0. The number of hydrogen-bond acceptors (Lipinski definition) is 4. The number of benzene rings is 1. The molecule has 2 aliphatic rings. The predicted octanol–water partition coefficient (Wildman–Crippen LogP) is 4.82. The Kier molecular flexibility index (Phi) is 7.44. The van der Waals surface area contributed by atoms with Crippen LogP contribution in [0.5, 0.6) is 0 Å². The topological polar surface area (TPSA) is 99.1 Å². The van der Waals surface area contributed by atoms with Gasteiger partial charge in [0.1, 0.15) is 5.82 Å². The molecule has 0 bridgehead atoms. The summed E-state index contributed by atoms with van der Waals surface area (Å²) < 4.78 is 4.98. The summed E-state index contributed by atoms with van der Waals surface area (Å²) in [5.74, 6) is 0.248. The maximum absolute atomic E-state index is 13.9. The normalized spacial score (nSPS) is 17.6. The summed E-state index contributed by atoms with van der Waals surface area (Å²) in [5.41, 5.74) is 1.72. The van der Waals surface area contributed by atoms with Crippen molar-refractivity contribution in [1.82, 2.24) is 18.7 Å². The molecule has 0 radical (unpaired) electrons. The molecule has 0 unspecified atom stereocenters. The molecule has 1 aromatic carbocycles. The van der Waals surface area contributed by atoms with E-state index in [9.17, 15) is 14.4 Å². The number of imidazole rings is 1. The number of carbonyl (C=O) groups is 1. The Morgan fingerprint density at radius 2 is 1.54 bits per heavy atom. The average molecular weight is 505 g/mol. The Labute approximate surface area is 216 Å². The number of aliphatic carboxylic acids is 1. The fraction of sp³-hybridized carbons (Fsp3) is 0.517. The number of carboxylic acids is 1. The Balaban J connectivity index is 1.68. The fourth-order valence-corrected chi connectivity index (χ4v) is 6.19. The first-order chi connectivity index (χ1) is 17.9. The van der Waals surface area contributed by atoms with Gasteiger partial charge in [-0.05, 0) is 49.2 Å². The molecule has 5 rings (SSSR count). The minimum Gasteiger partial charge on any atom is -0.478 e. The molecule has 0 spiro atoms. The van der Waals surface area contributed by atoms with Crippen molar-refractivity contribution >= 4 is 23.2 Å². The molecule has 1 N–H and O–H groups in total. The van der Waals surface area contributed by atoms with Crippen LogP contribution in [0, 0.1) is 11.8 Å². The van der Waals surface area contributed by atoms with E-state index in [0.29, 0.717) is 53.0 Å². The zero-order valence-corrected chi connectivity index (χ0v) is 21.6. The maximum Gasteiger partial charge on any atom is 0.332 e. The van der Waals surface area contributed by atoms with E-state index in [1.165, 1.54) is 36.3 Å². The van der Waals surface area contributed by atoms with Crippen LogP contribution in [0.3, 0.4) is 0 Å². The average Bonchev–Trinajstić information content (AvgIpc) is 3.26. The summed E-state index contributed by atoms with van der Waals surface area (Å²) in [6.45, 7) is 1.02. The van der Waals surface area contributed by atoms with E-state index in [2.05, 4.69) is 0 Å². The number of aromatic nitrogens is 4. The number of rotatable bonds is 7. The summed E-state index contributed by atoms with van der Waals surface area (Å²) in [7, 11) is 1.81. The van der Waals surface area contributed by atoms with Gasteiger partial charge in [-0.1, -0.05) is 62.8 Å². The molecule has 0 atom stereocenters. The molecule has 8 heteroatoms. The highest BCUT2D eigenvalue weighted by atomic mass is 16.4. The van der Waals surface area contributed by atoms with Crippen molar-refractivity contribution in [3.8, 4) is 11.4 Å². The Morgan fingerprint density at radius 1 is 0.946 bits per heavy atom. The molecule has 3 aromatic rings. The first-order valence-corrected chi connectivity index (χ1v) is 13.6. The molecule has 0 amide bonds. The molecule has 2 aliphatic carbocycles. The largest absolute Gasteiger partial charge is 0.478 e. The van der Waals surface area contributed by atoms with Crippen LogP contribution in [0.25, 0.3) is 28.6 Å². The third kappa shape index (κ3) is 5.20. The van der Waals surface area contributed by atoms with Crippen LogP contribution >= 0.6 is 0 Å². The predicted molar refractivity (Wildman–Crippen MR) is 144 cm³/mol. The van der Waals surface area contributed by atoms with Gasteiger partial charge in [0.2, 0.25) is 0 Å². The van der Waals surface area contributed by atoms with E-state index in [4.69, 9.17) is 10.1 Å². The lowest BCUT2D eigenvalue weighted by molar-refractivity contribution is -0.131. The van der Waals surface area contributed by atoms with Crippen molar-refractivity contribution in [3.63, 3.8) is 0 Å². The monoisotopic (exact) mass is 504 g/mol. The van der Waals surface area contributed by atoms with Crippen LogP contribution in [0.15, 0.2) is 39.9 Å². The molecule has 0 aliphatic heterocycles. The van der Waals surface area contributed by atoms with Crippen molar-refractivity contribution < 1.29 is 9.90 Å². The third-order valence-electron chi connectivity index (χ3n) is 8.18. The standard InChI is InChI=1S/C29H36N4O4/c1-31-25-27(30-26(31)23-15-9-8-14-22(23)16-17-24(34)35)32(18-20-10-4-2-5-11-20)29(37)33(28(25)36)19-21-12-6-3-7-13-21/h8-9,14-17,20-21H,2-7,10-13,18-19H2,1H3,(H,34,35)/b17-16+. The Hall–Kier alpha value is -3.42. The molecule has 0 saturated heterocycles. The van der Waals surface area contributed by atoms with Gasteiger partial charge in [-0.25, -0.2) is 14.6 Å². The molecular weight excluding hydrogens is 468 g/mol. The van der Waals surface area contributed by atoms with Crippen LogP contribution in [0.4, 0.5) is 0 Å². The van der Waals surface area contributed by atoms with Gasteiger partial charge in [0, 0.05) is 31.8 Å². The van der Waals surface area contributed by atoms with E-state index < -0.39 is 5.97 Å². The summed E-state index contributed by atoms with van der Waals surface area (Å²) in [5, 5.41) is 9.14.